The molecular weight excluding hydrogens is 414 g/mol. The third kappa shape index (κ3) is 9.92. The minimum atomic E-state index is -1.20. The lowest BCUT2D eigenvalue weighted by atomic mass is 9.97. The van der Waals surface area contributed by atoms with Crippen molar-refractivity contribution in [3.8, 4) is 0 Å². The normalized spacial score (nSPS) is 15.8. The van der Waals surface area contributed by atoms with E-state index in [4.69, 9.17) is 16.6 Å². The highest BCUT2D eigenvalue weighted by atomic mass is 32.2. The summed E-state index contributed by atoms with van der Waals surface area (Å²) in [7, 11) is 0. The summed E-state index contributed by atoms with van der Waals surface area (Å²) in [5.41, 5.74) is 10.7. The number of carbonyl (C=O) groups excluding carboxylic acids is 4. The number of hydrogen-bond donors (Lipinski definition) is 6. The summed E-state index contributed by atoms with van der Waals surface area (Å²) in [5, 5.41) is 16.4. The fourth-order valence-corrected chi connectivity index (χ4v) is 2.88. The minimum Gasteiger partial charge on any atom is -0.480 e. The van der Waals surface area contributed by atoms with Crippen LogP contribution in [0.3, 0.4) is 0 Å². The molecule has 0 radical (unpaired) electrons. The zero-order valence-electron chi connectivity index (χ0n) is 17.8. The van der Waals surface area contributed by atoms with E-state index in [1.165, 1.54) is 18.7 Å². The van der Waals surface area contributed by atoms with Crippen molar-refractivity contribution < 1.29 is 29.1 Å². The molecule has 0 aliphatic rings. The van der Waals surface area contributed by atoms with Crippen molar-refractivity contribution in [1.82, 2.24) is 16.0 Å². The van der Waals surface area contributed by atoms with Crippen LogP contribution in [0.4, 0.5) is 0 Å². The van der Waals surface area contributed by atoms with Gasteiger partial charge in [-0.1, -0.05) is 20.3 Å². The predicted octanol–water partition coefficient (Wildman–Crippen LogP) is -1.45. The van der Waals surface area contributed by atoms with Crippen LogP contribution in [0.2, 0.25) is 0 Å². The quantitative estimate of drug-likeness (QED) is 0.186. The second-order valence-electron chi connectivity index (χ2n) is 7.06. The van der Waals surface area contributed by atoms with Crippen molar-refractivity contribution >= 4 is 41.4 Å². The number of carbonyl (C=O) groups is 5. The molecule has 0 aliphatic carbocycles. The third-order valence-electron chi connectivity index (χ3n) is 4.52. The number of nitrogens with one attached hydrogen (secondary N) is 3. The Hall–Kier alpha value is -2.34. The van der Waals surface area contributed by atoms with E-state index in [-0.39, 0.29) is 18.8 Å². The number of carboxylic acids is 1. The van der Waals surface area contributed by atoms with Gasteiger partial charge in [0.25, 0.3) is 0 Å². The average Bonchev–Trinajstić information content (AvgIpc) is 2.67. The summed E-state index contributed by atoms with van der Waals surface area (Å²) >= 11 is 1.46. The zero-order valence-corrected chi connectivity index (χ0v) is 18.6. The van der Waals surface area contributed by atoms with Crippen LogP contribution >= 0.6 is 11.8 Å². The summed E-state index contributed by atoms with van der Waals surface area (Å²) in [6, 6.07) is -4.30. The maximum atomic E-state index is 12.9. The van der Waals surface area contributed by atoms with E-state index in [1.54, 1.807) is 6.92 Å². The fraction of sp³-hybridized carbons (Fsp3) is 0.722. The Bertz CT molecular complexity index is 632. The van der Waals surface area contributed by atoms with Gasteiger partial charge in [0.2, 0.25) is 23.6 Å². The van der Waals surface area contributed by atoms with E-state index in [2.05, 4.69) is 16.0 Å². The highest BCUT2D eigenvalue weighted by Crippen LogP contribution is 2.10. The molecule has 30 heavy (non-hydrogen) atoms. The molecule has 0 saturated heterocycles. The van der Waals surface area contributed by atoms with Crippen molar-refractivity contribution in [2.24, 2.45) is 17.4 Å². The molecule has 12 heteroatoms. The molecule has 0 saturated carbocycles. The van der Waals surface area contributed by atoms with Gasteiger partial charge in [0, 0.05) is 0 Å². The van der Waals surface area contributed by atoms with Crippen LogP contribution in [-0.4, -0.2) is 70.9 Å². The van der Waals surface area contributed by atoms with E-state index < -0.39 is 53.8 Å². The summed E-state index contributed by atoms with van der Waals surface area (Å²) in [5.74, 6) is -3.64. The second kappa shape index (κ2) is 13.8. The molecule has 0 aromatic rings. The SMILES string of the molecule is CCC(C)C(NC(=O)C(N)CC(N)=O)C(=O)NC(CCSC)C(=O)NC(C)C(=O)O. The first-order valence-corrected chi connectivity index (χ1v) is 11.0. The summed E-state index contributed by atoms with van der Waals surface area (Å²) in [4.78, 5) is 59.5. The molecule has 172 valence electrons. The minimum absolute atomic E-state index is 0.271. The fourth-order valence-electron chi connectivity index (χ4n) is 2.41. The molecule has 0 spiro atoms. The number of primary amides is 1. The van der Waals surface area contributed by atoms with Gasteiger partial charge in [-0.15, -0.1) is 0 Å². The molecule has 0 bridgehead atoms. The number of aliphatic carboxylic acids is 1. The molecular formula is C18H33N5O6S. The molecule has 0 aromatic heterocycles. The highest BCUT2D eigenvalue weighted by Gasteiger charge is 2.31. The number of amides is 4. The monoisotopic (exact) mass is 447 g/mol. The summed E-state index contributed by atoms with van der Waals surface area (Å²) < 4.78 is 0. The first kappa shape index (κ1) is 27.7. The Morgan fingerprint density at radius 3 is 2.07 bits per heavy atom. The first-order chi connectivity index (χ1) is 13.9. The van der Waals surface area contributed by atoms with E-state index in [1.807, 2.05) is 13.2 Å². The second-order valence-corrected chi connectivity index (χ2v) is 8.05. The van der Waals surface area contributed by atoms with E-state index >= 15 is 0 Å². The Morgan fingerprint density at radius 2 is 1.60 bits per heavy atom. The van der Waals surface area contributed by atoms with Crippen LogP contribution in [0, 0.1) is 5.92 Å². The smallest absolute Gasteiger partial charge is 0.325 e. The molecule has 11 nitrogen and oxygen atoms in total. The molecule has 0 fully saturated rings. The predicted molar refractivity (Wildman–Crippen MR) is 113 cm³/mol. The van der Waals surface area contributed by atoms with Gasteiger partial charge in [0.1, 0.15) is 18.1 Å². The van der Waals surface area contributed by atoms with Crippen LogP contribution in [0.1, 0.15) is 40.0 Å². The number of hydrogen-bond acceptors (Lipinski definition) is 7. The van der Waals surface area contributed by atoms with Crippen molar-refractivity contribution in [2.75, 3.05) is 12.0 Å². The molecule has 5 atom stereocenters. The molecule has 5 unspecified atom stereocenters. The van der Waals surface area contributed by atoms with Gasteiger partial charge < -0.3 is 32.5 Å². The molecule has 8 N–H and O–H groups in total. The van der Waals surface area contributed by atoms with Gasteiger partial charge in [0.05, 0.1) is 12.5 Å². The van der Waals surface area contributed by atoms with E-state index in [9.17, 15) is 24.0 Å². The number of thioether (sulfide) groups is 1. The average molecular weight is 448 g/mol. The van der Waals surface area contributed by atoms with Crippen molar-refractivity contribution in [1.29, 1.82) is 0 Å². The van der Waals surface area contributed by atoms with Gasteiger partial charge in [0.15, 0.2) is 0 Å². The molecule has 0 heterocycles. The van der Waals surface area contributed by atoms with E-state index in [0.29, 0.717) is 12.2 Å². The number of nitrogens with two attached hydrogens (primary N) is 2. The standard InChI is InChI=1S/C18H33N5O6S/c1-5-9(2)14(23-15(25)11(19)8-13(20)24)17(27)22-12(6-7-30-4)16(26)21-10(3)18(28)29/h9-12,14H,5-8,19H2,1-4H3,(H2,20,24)(H,21,26)(H,22,27)(H,23,25)(H,28,29). The van der Waals surface area contributed by atoms with Crippen LogP contribution in [-0.2, 0) is 24.0 Å². The first-order valence-electron chi connectivity index (χ1n) is 9.61. The zero-order chi connectivity index (χ0) is 23.4. The van der Waals surface area contributed by atoms with Crippen LogP contribution in [0.5, 0.6) is 0 Å². The largest absolute Gasteiger partial charge is 0.480 e. The highest BCUT2D eigenvalue weighted by molar-refractivity contribution is 7.98. The lowest BCUT2D eigenvalue weighted by molar-refractivity contribution is -0.141. The van der Waals surface area contributed by atoms with Gasteiger partial charge >= 0.3 is 5.97 Å². The lowest BCUT2D eigenvalue weighted by Gasteiger charge is -2.27. The number of rotatable bonds is 14. The Kier molecular flexibility index (Phi) is 12.7. The third-order valence-corrected chi connectivity index (χ3v) is 5.17. The van der Waals surface area contributed by atoms with Crippen LogP contribution in [0.15, 0.2) is 0 Å². The van der Waals surface area contributed by atoms with Crippen molar-refractivity contribution in [3.63, 3.8) is 0 Å². The van der Waals surface area contributed by atoms with Crippen molar-refractivity contribution in [3.05, 3.63) is 0 Å². The Labute approximate surface area is 180 Å². The maximum absolute atomic E-state index is 12.9. The van der Waals surface area contributed by atoms with Crippen LogP contribution in [0.25, 0.3) is 0 Å². The van der Waals surface area contributed by atoms with E-state index in [0.717, 1.165) is 0 Å². The van der Waals surface area contributed by atoms with Gasteiger partial charge in [-0.25, -0.2) is 0 Å². The molecule has 0 aliphatic heterocycles. The molecule has 0 rings (SSSR count). The lowest BCUT2D eigenvalue weighted by Crippen LogP contribution is -2.58. The Morgan fingerprint density at radius 1 is 1.00 bits per heavy atom. The van der Waals surface area contributed by atoms with Crippen LogP contribution < -0.4 is 27.4 Å². The molecule has 0 aromatic carbocycles. The summed E-state index contributed by atoms with van der Waals surface area (Å²) in [6.45, 7) is 4.89. The van der Waals surface area contributed by atoms with Crippen molar-refractivity contribution in [2.45, 2.75) is 64.2 Å². The van der Waals surface area contributed by atoms with Gasteiger partial charge in [-0.2, -0.15) is 11.8 Å². The topological polar surface area (TPSA) is 194 Å². The number of carboxylic acid groups (broad SMARTS) is 1. The Balaban J connectivity index is 5.36. The summed E-state index contributed by atoms with van der Waals surface area (Å²) in [6.07, 6.45) is 2.28. The van der Waals surface area contributed by atoms with Gasteiger partial charge in [-0.05, 0) is 31.3 Å². The molecule has 4 amide bonds. The van der Waals surface area contributed by atoms with Gasteiger partial charge in [-0.3, -0.25) is 24.0 Å². The maximum Gasteiger partial charge on any atom is 0.325 e.